The number of rotatable bonds is 3. The van der Waals surface area contributed by atoms with E-state index in [2.05, 4.69) is 36.5 Å². The van der Waals surface area contributed by atoms with Gasteiger partial charge in [0.25, 0.3) is 5.56 Å². The van der Waals surface area contributed by atoms with Crippen molar-refractivity contribution in [1.29, 1.82) is 0 Å². The Balaban J connectivity index is 1.76. The number of nitrogens with zero attached hydrogens (tertiary/aromatic N) is 1. The fourth-order valence-corrected chi connectivity index (χ4v) is 2.87. The monoisotopic (exact) mass is 294 g/mol. The normalized spacial score (nSPS) is 16.2. The van der Waals surface area contributed by atoms with E-state index in [4.69, 9.17) is 0 Å². The van der Waals surface area contributed by atoms with Gasteiger partial charge in [0.05, 0.1) is 0 Å². The average Bonchev–Trinajstić information content (AvgIpc) is 2.55. The molecule has 1 aromatic heterocycles. The summed E-state index contributed by atoms with van der Waals surface area (Å²) in [6, 6.07) is 12.4. The zero-order chi connectivity index (χ0) is 15.4. The van der Waals surface area contributed by atoms with Crippen LogP contribution in [0, 0.1) is 6.92 Å². The van der Waals surface area contributed by atoms with Gasteiger partial charge in [-0.3, -0.25) is 4.79 Å². The molecular weight excluding hydrogens is 272 g/mol. The third kappa shape index (κ3) is 3.55. The van der Waals surface area contributed by atoms with Crippen LogP contribution in [-0.2, 0) is 0 Å². The Hall–Kier alpha value is -2.13. The van der Waals surface area contributed by atoms with E-state index >= 15 is 0 Å². The third-order valence-electron chi connectivity index (χ3n) is 4.22. The van der Waals surface area contributed by atoms with E-state index in [-0.39, 0.29) is 5.56 Å². The highest BCUT2D eigenvalue weighted by Gasteiger charge is 2.15. The number of benzene rings is 1. The lowest BCUT2D eigenvalue weighted by Gasteiger charge is -2.24. The molecule has 0 radical (unpaired) electrons. The van der Waals surface area contributed by atoms with Gasteiger partial charge in [-0.1, -0.05) is 42.0 Å². The van der Waals surface area contributed by atoms with E-state index in [1.54, 1.807) is 6.07 Å². The molecule has 0 amide bonds. The van der Waals surface area contributed by atoms with E-state index in [1.807, 2.05) is 29.0 Å². The van der Waals surface area contributed by atoms with E-state index in [9.17, 15) is 4.79 Å². The molecule has 1 saturated heterocycles. The summed E-state index contributed by atoms with van der Waals surface area (Å²) in [4.78, 5) is 12.3. The number of hydrogen-bond acceptors (Lipinski definition) is 2. The molecule has 0 unspecified atom stereocenters. The lowest BCUT2D eigenvalue weighted by atomic mass is 10.1. The number of nitrogens with one attached hydrogen (secondary N) is 1. The second-order valence-electron chi connectivity index (χ2n) is 5.93. The van der Waals surface area contributed by atoms with Crippen molar-refractivity contribution in [3.8, 4) is 0 Å². The summed E-state index contributed by atoms with van der Waals surface area (Å²) in [5, 5.41) is 3.33. The summed E-state index contributed by atoms with van der Waals surface area (Å²) in [6.07, 6.45) is 8.03. The van der Waals surface area contributed by atoms with E-state index in [0.717, 1.165) is 37.1 Å². The van der Waals surface area contributed by atoms with Crippen molar-refractivity contribution in [3.05, 3.63) is 69.6 Å². The molecule has 22 heavy (non-hydrogen) atoms. The van der Waals surface area contributed by atoms with E-state index < -0.39 is 0 Å². The van der Waals surface area contributed by atoms with Gasteiger partial charge in [0.2, 0.25) is 0 Å². The second kappa shape index (κ2) is 6.75. The highest BCUT2D eigenvalue weighted by molar-refractivity contribution is 5.69. The van der Waals surface area contributed by atoms with Crippen molar-refractivity contribution < 1.29 is 0 Å². The lowest BCUT2D eigenvalue weighted by Crippen LogP contribution is -2.33. The van der Waals surface area contributed by atoms with E-state index in [0.29, 0.717) is 6.04 Å². The molecule has 3 nitrogen and oxygen atoms in total. The molecule has 1 N–H and O–H groups in total. The molecule has 1 fully saturated rings. The zero-order valence-electron chi connectivity index (χ0n) is 13.0. The van der Waals surface area contributed by atoms with Crippen LogP contribution in [0.1, 0.15) is 35.6 Å². The first kappa shape index (κ1) is 14.8. The van der Waals surface area contributed by atoms with Gasteiger partial charge in [-0.15, -0.1) is 0 Å². The molecule has 114 valence electrons. The molecule has 3 rings (SSSR count). The fourth-order valence-electron chi connectivity index (χ4n) is 2.87. The lowest BCUT2D eigenvalue weighted by molar-refractivity contribution is 0.361. The molecule has 1 aromatic carbocycles. The number of pyridine rings is 1. The second-order valence-corrected chi connectivity index (χ2v) is 5.93. The standard InChI is InChI=1S/C19H22N2O/c1-15-2-4-16(5-3-15)6-7-17-10-13-21(19(22)14-17)18-8-11-20-12-9-18/h2-7,10,13-14,18,20H,8-9,11-12H2,1H3/b7-6+. The minimum Gasteiger partial charge on any atom is -0.317 e. The minimum atomic E-state index is 0.0953. The van der Waals surface area contributed by atoms with Gasteiger partial charge in [-0.05, 0) is 50.0 Å². The summed E-state index contributed by atoms with van der Waals surface area (Å²) in [5.41, 5.74) is 3.45. The predicted molar refractivity (Wildman–Crippen MR) is 91.9 cm³/mol. The van der Waals surface area contributed by atoms with Crippen molar-refractivity contribution in [2.75, 3.05) is 13.1 Å². The van der Waals surface area contributed by atoms with Crippen molar-refractivity contribution in [1.82, 2.24) is 9.88 Å². The minimum absolute atomic E-state index is 0.0953. The van der Waals surface area contributed by atoms with Crippen molar-refractivity contribution >= 4 is 12.2 Å². The van der Waals surface area contributed by atoms with Gasteiger partial charge < -0.3 is 9.88 Å². The zero-order valence-corrected chi connectivity index (χ0v) is 13.0. The molecular formula is C19H22N2O. The van der Waals surface area contributed by atoms with Gasteiger partial charge in [0.15, 0.2) is 0 Å². The molecule has 0 saturated carbocycles. The van der Waals surface area contributed by atoms with Crippen LogP contribution in [0.2, 0.25) is 0 Å². The number of hydrogen-bond donors (Lipinski definition) is 1. The first-order valence-corrected chi connectivity index (χ1v) is 7.90. The first-order chi connectivity index (χ1) is 10.7. The van der Waals surface area contributed by atoms with Crippen molar-refractivity contribution in [3.63, 3.8) is 0 Å². The Morgan fingerprint density at radius 2 is 1.73 bits per heavy atom. The highest BCUT2D eigenvalue weighted by atomic mass is 16.1. The van der Waals surface area contributed by atoms with Crippen molar-refractivity contribution in [2.24, 2.45) is 0 Å². The number of aryl methyl sites for hydroxylation is 1. The van der Waals surface area contributed by atoms with Crippen LogP contribution in [0.25, 0.3) is 12.2 Å². The summed E-state index contributed by atoms with van der Waals surface area (Å²) >= 11 is 0. The molecule has 0 atom stereocenters. The Morgan fingerprint density at radius 1 is 1.05 bits per heavy atom. The average molecular weight is 294 g/mol. The molecule has 0 spiro atoms. The summed E-state index contributed by atoms with van der Waals surface area (Å²) < 4.78 is 1.88. The Bertz CT molecular complexity index is 707. The van der Waals surface area contributed by atoms with Gasteiger partial charge in [0.1, 0.15) is 0 Å². The Morgan fingerprint density at radius 3 is 2.41 bits per heavy atom. The third-order valence-corrected chi connectivity index (χ3v) is 4.22. The van der Waals surface area contributed by atoms with Crippen LogP contribution < -0.4 is 10.9 Å². The van der Waals surface area contributed by atoms with Crippen LogP contribution in [0.4, 0.5) is 0 Å². The van der Waals surface area contributed by atoms with Gasteiger partial charge >= 0.3 is 0 Å². The Labute approximate surface area is 131 Å². The predicted octanol–water partition coefficient (Wildman–Crippen LogP) is 3.25. The maximum absolute atomic E-state index is 12.3. The molecule has 2 heterocycles. The summed E-state index contributed by atoms with van der Waals surface area (Å²) in [6.45, 7) is 4.06. The SMILES string of the molecule is Cc1ccc(/C=C/c2ccn(C3CCNCC3)c(=O)c2)cc1. The van der Waals surface area contributed by atoms with E-state index in [1.165, 1.54) is 5.56 Å². The summed E-state index contributed by atoms with van der Waals surface area (Å²) in [5.74, 6) is 0. The molecule has 3 heteroatoms. The van der Waals surface area contributed by atoms with Crippen LogP contribution >= 0.6 is 0 Å². The van der Waals surface area contributed by atoms with Crippen molar-refractivity contribution in [2.45, 2.75) is 25.8 Å². The quantitative estimate of drug-likeness (QED) is 0.943. The highest BCUT2D eigenvalue weighted by Crippen LogP contribution is 2.16. The molecule has 0 aliphatic carbocycles. The van der Waals surface area contributed by atoms with Gasteiger partial charge in [-0.2, -0.15) is 0 Å². The number of aromatic nitrogens is 1. The smallest absolute Gasteiger partial charge is 0.251 e. The summed E-state index contributed by atoms with van der Waals surface area (Å²) in [7, 11) is 0. The van der Waals surface area contributed by atoms with Crippen LogP contribution in [0.3, 0.4) is 0 Å². The largest absolute Gasteiger partial charge is 0.317 e. The van der Waals surface area contributed by atoms with Crippen LogP contribution in [0.15, 0.2) is 47.4 Å². The van der Waals surface area contributed by atoms with Gasteiger partial charge in [0, 0.05) is 18.3 Å². The maximum Gasteiger partial charge on any atom is 0.251 e. The molecule has 2 aromatic rings. The van der Waals surface area contributed by atoms with Crippen LogP contribution in [0.5, 0.6) is 0 Å². The maximum atomic E-state index is 12.3. The van der Waals surface area contributed by atoms with Crippen LogP contribution in [-0.4, -0.2) is 17.7 Å². The number of piperidine rings is 1. The Kier molecular flexibility index (Phi) is 4.54. The van der Waals surface area contributed by atoms with Gasteiger partial charge in [-0.25, -0.2) is 0 Å². The molecule has 1 aliphatic rings. The molecule has 0 bridgehead atoms. The fraction of sp³-hybridized carbons (Fsp3) is 0.316. The topological polar surface area (TPSA) is 34.0 Å². The first-order valence-electron chi connectivity index (χ1n) is 7.90. The molecule has 1 aliphatic heterocycles.